The van der Waals surface area contributed by atoms with Crippen molar-refractivity contribution in [3.05, 3.63) is 12.7 Å². The SMILES string of the molecule is C=CCNC(=O)CN1CCC(C(C)N)CC1.Cl. The first kappa shape index (κ1) is 16.4. The molecule has 1 unspecified atom stereocenters. The van der Waals surface area contributed by atoms with Gasteiger partial charge in [0, 0.05) is 12.6 Å². The first-order valence-corrected chi connectivity index (χ1v) is 5.99. The number of carbonyl (C=O) groups excluding carboxylic acids is 1. The zero-order chi connectivity index (χ0) is 12.0. The predicted molar refractivity (Wildman–Crippen MR) is 73.3 cm³/mol. The van der Waals surface area contributed by atoms with Crippen LogP contribution in [0.4, 0.5) is 0 Å². The van der Waals surface area contributed by atoms with Crippen LogP contribution in [0.1, 0.15) is 19.8 Å². The van der Waals surface area contributed by atoms with E-state index in [0.717, 1.165) is 25.9 Å². The van der Waals surface area contributed by atoms with Gasteiger partial charge in [0.25, 0.3) is 0 Å². The molecule has 0 spiro atoms. The van der Waals surface area contributed by atoms with Crippen molar-refractivity contribution < 1.29 is 4.79 Å². The maximum Gasteiger partial charge on any atom is 0.234 e. The minimum atomic E-state index is 0. The maximum absolute atomic E-state index is 11.5. The lowest BCUT2D eigenvalue weighted by molar-refractivity contribution is -0.122. The molecule has 0 aliphatic carbocycles. The van der Waals surface area contributed by atoms with Crippen LogP contribution in [0.15, 0.2) is 12.7 Å². The van der Waals surface area contributed by atoms with Crippen LogP contribution in [-0.4, -0.2) is 43.0 Å². The van der Waals surface area contributed by atoms with E-state index in [-0.39, 0.29) is 24.4 Å². The highest BCUT2D eigenvalue weighted by Gasteiger charge is 2.22. The van der Waals surface area contributed by atoms with E-state index in [4.69, 9.17) is 5.73 Å². The van der Waals surface area contributed by atoms with Crippen LogP contribution in [-0.2, 0) is 4.79 Å². The third-order valence-corrected chi connectivity index (χ3v) is 3.19. The van der Waals surface area contributed by atoms with Gasteiger partial charge in [0.05, 0.1) is 6.54 Å². The second-order valence-corrected chi connectivity index (χ2v) is 4.57. The normalized spacial score (nSPS) is 19.2. The molecule has 5 heteroatoms. The van der Waals surface area contributed by atoms with Gasteiger partial charge in [-0.1, -0.05) is 6.08 Å². The number of nitrogens with two attached hydrogens (primary N) is 1. The summed E-state index contributed by atoms with van der Waals surface area (Å²) in [6.45, 7) is 8.64. The molecule has 1 heterocycles. The van der Waals surface area contributed by atoms with Crippen molar-refractivity contribution >= 4 is 18.3 Å². The molecule has 4 nitrogen and oxygen atoms in total. The highest BCUT2D eigenvalue weighted by molar-refractivity contribution is 5.85. The Bertz CT molecular complexity index is 238. The van der Waals surface area contributed by atoms with Gasteiger partial charge >= 0.3 is 0 Å². The smallest absolute Gasteiger partial charge is 0.234 e. The van der Waals surface area contributed by atoms with Crippen molar-refractivity contribution in [3.63, 3.8) is 0 Å². The van der Waals surface area contributed by atoms with Gasteiger partial charge in [0.15, 0.2) is 0 Å². The summed E-state index contributed by atoms with van der Waals surface area (Å²) in [6, 6.07) is 0.275. The average Bonchev–Trinajstić information content (AvgIpc) is 2.27. The summed E-state index contributed by atoms with van der Waals surface area (Å²) in [7, 11) is 0. The molecule has 0 aromatic rings. The standard InChI is InChI=1S/C12H23N3O.ClH/c1-3-6-14-12(16)9-15-7-4-11(5-8-15)10(2)13;/h3,10-11H,1,4-9,13H2,2H3,(H,14,16);1H. The topological polar surface area (TPSA) is 58.4 Å². The Balaban J connectivity index is 0.00000256. The van der Waals surface area contributed by atoms with Gasteiger partial charge in [-0.2, -0.15) is 0 Å². The van der Waals surface area contributed by atoms with E-state index in [0.29, 0.717) is 19.0 Å². The number of hydrogen-bond donors (Lipinski definition) is 2. The van der Waals surface area contributed by atoms with Gasteiger partial charge in [0.2, 0.25) is 5.91 Å². The van der Waals surface area contributed by atoms with Crippen molar-refractivity contribution in [2.24, 2.45) is 11.7 Å². The van der Waals surface area contributed by atoms with Crippen LogP contribution >= 0.6 is 12.4 Å². The van der Waals surface area contributed by atoms with Gasteiger partial charge in [-0.3, -0.25) is 9.69 Å². The Morgan fingerprint density at radius 1 is 1.59 bits per heavy atom. The highest BCUT2D eigenvalue weighted by atomic mass is 35.5. The number of amides is 1. The summed E-state index contributed by atoms with van der Waals surface area (Å²) >= 11 is 0. The molecule has 1 amide bonds. The number of halogens is 1. The number of hydrogen-bond acceptors (Lipinski definition) is 3. The quantitative estimate of drug-likeness (QED) is 0.719. The summed E-state index contributed by atoms with van der Waals surface area (Å²) in [5, 5.41) is 2.79. The third kappa shape index (κ3) is 6.05. The maximum atomic E-state index is 11.5. The van der Waals surface area contributed by atoms with Gasteiger partial charge in [-0.25, -0.2) is 0 Å². The molecule has 0 aromatic carbocycles. The lowest BCUT2D eigenvalue weighted by Gasteiger charge is -2.33. The minimum Gasteiger partial charge on any atom is -0.352 e. The molecule has 1 rings (SSSR count). The van der Waals surface area contributed by atoms with Crippen LogP contribution in [0.2, 0.25) is 0 Å². The van der Waals surface area contributed by atoms with E-state index in [1.807, 2.05) is 0 Å². The molecule has 0 bridgehead atoms. The summed E-state index contributed by atoms with van der Waals surface area (Å²) in [6.07, 6.45) is 3.90. The van der Waals surface area contributed by atoms with Crippen LogP contribution in [0.25, 0.3) is 0 Å². The monoisotopic (exact) mass is 261 g/mol. The molecular weight excluding hydrogens is 238 g/mol. The summed E-state index contributed by atoms with van der Waals surface area (Å²) in [5.41, 5.74) is 5.87. The first-order chi connectivity index (χ1) is 7.63. The number of piperidine rings is 1. The van der Waals surface area contributed by atoms with E-state index >= 15 is 0 Å². The van der Waals surface area contributed by atoms with E-state index in [9.17, 15) is 4.79 Å². The fourth-order valence-electron chi connectivity index (χ4n) is 2.08. The number of nitrogens with zero attached hydrogens (tertiary/aromatic N) is 1. The van der Waals surface area contributed by atoms with Gasteiger partial charge in [0.1, 0.15) is 0 Å². The predicted octanol–water partition coefficient (Wildman–Crippen LogP) is 0.770. The Labute approximate surface area is 110 Å². The average molecular weight is 262 g/mol. The van der Waals surface area contributed by atoms with E-state index in [1.54, 1.807) is 6.08 Å². The fraction of sp³-hybridized carbons (Fsp3) is 0.750. The van der Waals surface area contributed by atoms with Gasteiger partial charge in [-0.15, -0.1) is 19.0 Å². The lowest BCUT2D eigenvalue weighted by Crippen LogP contribution is -2.44. The molecule has 17 heavy (non-hydrogen) atoms. The Kier molecular flexibility index (Phi) is 8.21. The van der Waals surface area contributed by atoms with Gasteiger partial charge in [-0.05, 0) is 38.8 Å². The molecule has 3 N–H and O–H groups in total. The molecule has 1 aliphatic heterocycles. The molecule has 0 aromatic heterocycles. The Morgan fingerprint density at radius 3 is 2.65 bits per heavy atom. The highest BCUT2D eigenvalue weighted by Crippen LogP contribution is 2.18. The molecule has 1 fully saturated rings. The number of carbonyl (C=O) groups is 1. The summed E-state index contributed by atoms with van der Waals surface area (Å²) < 4.78 is 0. The molecular formula is C12H24ClN3O. The minimum absolute atomic E-state index is 0. The fourth-order valence-corrected chi connectivity index (χ4v) is 2.08. The molecule has 0 radical (unpaired) electrons. The summed E-state index contributed by atoms with van der Waals surface area (Å²) in [5.74, 6) is 0.701. The Hall–Kier alpha value is -0.580. The summed E-state index contributed by atoms with van der Waals surface area (Å²) in [4.78, 5) is 13.7. The molecule has 0 saturated carbocycles. The van der Waals surface area contributed by atoms with Gasteiger partial charge < -0.3 is 11.1 Å². The number of nitrogens with one attached hydrogen (secondary N) is 1. The van der Waals surface area contributed by atoms with Crippen LogP contribution in [0.3, 0.4) is 0 Å². The van der Waals surface area contributed by atoms with Crippen molar-refractivity contribution in [2.75, 3.05) is 26.2 Å². The van der Waals surface area contributed by atoms with Crippen molar-refractivity contribution in [1.82, 2.24) is 10.2 Å². The second-order valence-electron chi connectivity index (χ2n) is 4.57. The van der Waals surface area contributed by atoms with E-state index in [2.05, 4.69) is 23.7 Å². The number of rotatable bonds is 5. The van der Waals surface area contributed by atoms with Crippen LogP contribution < -0.4 is 11.1 Å². The lowest BCUT2D eigenvalue weighted by atomic mass is 9.91. The molecule has 1 aliphatic rings. The first-order valence-electron chi connectivity index (χ1n) is 5.99. The van der Waals surface area contributed by atoms with Crippen molar-refractivity contribution in [2.45, 2.75) is 25.8 Å². The number of likely N-dealkylation sites (tertiary alicyclic amines) is 1. The zero-order valence-corrected chi connectivity index (χ0v) is 11.3. The molecule has 1 saturated heterocycles. The third-order valence-electron chi connectivity index (χ3n) is 3.19. The van der Waals surface area contributed by atoms with Crippen LogP contribution in [0, 0.1) is 5.92 Å². The zero-order valence-electron chi connectivity index (χ0n) is 10.5. The Morgan fingerprint density at radius 2 is 2.18 bits per heavy atom. The van der Waals surface area contributed by atoms with Crippen molar-refractivity contribution in [3.8, 4) is 0 Å². The molecule has 100 valence electrons. The second kappa shape index (κ2) is 8.50. The van der Waals surface area contributed by atoms with E-state index < -0.39 is 0 Å². The van der Waals surface area contributed by atoms with Crippen molar-refractivity contribution in [1.29, 1.82) is 0 Å². The van der Waals surface area contributed by atoms with Crippen LogP contribution in [0.5, 0.6) is 0 Å². The van der Waals surface area contributed by atoms with E-state index in [1.165, 1.54) is 0 Å². The molecule has 1 atom stereocenters. The largest absolute Gasteiger partial charge is 0.352 e.